The van der Waals surface area contributed by atoms with E-state index in [9.17, 15) is 0 Å². The minimum atomic E-state index is 0. The van der Waals surface area contributed by atoms with Crippen LogP contribution in [-0.4, -0.2) is 0 Å². The van der Waals surface area contributed by atoms with Gasteiger partial charge in [-0.3, -0.25) is 0 Å². The van der Waals surface area contributed by atoms with Gasteiger partial charge in [0.05, 0.1) is 0 Å². The van der Waals surface area contributed by atoms with Crippen molar-refractivity contribution in [2.45, 2.75) is 79.1 Å². The zero-order valence-electron chi connectivity index (χ0n) is 14.8. The quantitative estimate of drug-likeness (QED) is 0.468. The molecule has 0 nitrogen and oxygen atoms in total. The minimum Gasteiger partial charge on any atom is -0.316 e. The smallest absolute Gasteiger partial charge is 0.316 e. The fourth-order valence-corrected chi connectivity index (χ4v) is 5.43. The molecule has 3 fully saturated rings. The third-order valence-corrected chi connectivity index (χ3v) is 7.30. The molecule has 0 aromatic carbocycles. The normalized spacial score (nSPS) is 45.6. The molecule has 0 spiro atoms. The molecule has 3 aliphatic rings. The van der Waals surface area contributed by atoms with Crippen LogP contribution in [0, 0.1) is 34.5 Å². The Kier molecular flexibility index (Phi) is 6.50. The summed E-state index contributed by atoms with van der Waals surface area (Å²) in [5.74, 6) is 5.53. The van der Waals surface area contributed by atoms with Crippen molar-refractivity contribution in [2.75, 3.05) is 0 Å². The van der Waals surface area contributed by atoms with E-state index in [-0.39, 0.29) is 37.7 Å². The van der Waals surface area contributed by atoms with Gasteiger partial charge >= 0.3 is 37.7 Å². The van der Waals surface area contributed by atoms with Crippen LogP contribution in [0.1, 0.15) is 79.1 Å². The van der Waals surface area contributed by atoms with Gasteiger partial charge in [0.25, 0.3) is 0 Å². The van der Waals surface area contributed by atoms with Gasteiger partial charge < -0.3 is 11.8 Å². The van der Waals surface area contributed by atoms with Gasteiger partial charge in [-0.05, 0) is 23.7 Å². The van der Waals surface area contributed by atoms with Crippen molar-refractivity contribution in [1.82, 2.24) is 0 Å². The molecule has 0 N–H and O–H groups in total. The van der Waals surface area contributed by atoms with Crippen LogP contribution in [0.15, 0.2) is 0 Å². The van der Waals surface area contributed by atoms with E-state index in [1.165, 1.54) is 51.4 Å². The second kappa shape index (κ2) is 6.75. The van der Waals surface area contributed by atoms with Crippen LogP contribution < -0.4 is 37.7 Å². The SMILES string of the molecule is C[C-]1CCC([C@]2(C)CC[C@]2(C)C2CC[C-](C)C2)C1.[Li+].[Li+]. The van der Waals surface area contributed by atoms with Gasteiger partial charge in [0, 0.05) is 0 Å². The van der Waals surface area contributed by atoms with E-state index in [1.807, 2.05) is 0 Å². The predicted octanol–water partition coefficient (Wildman–Crippen LogP) is -0.410. The average molecular weight is 260 g/mol. The van der Waals surface area contributed by atoms with Crippen LogP contribution in [0.5, 0.6) is 0 Å². The van der Waals surface area contributed by atoms with Crippen molar-refractivity contribution in [2.24, 2.45) is 22.7 Å². The van der Waals surface area contributed by atoms with Crippen molar-refractivity contribution in [3.8, 4) is 0 Å². The molecule has 0 aromatic heterocycles. The molecule has 4 atom stereocenters. The Morgan fingerprint density at radius 1 is 0.750 bits per heavy atom. The summed E-state index contributed by atoms with van der Waals surface area (Å²) in [6.07, 6.45) is 11.6. The molecular weight excluding hydrogens is 230 g/mol. The molecule has 3 aliphatic carbocycles. The van der Waals surface area contributed by atoms with Crippen LogP contribution in [0.2, 0.25) is 0 Å². The Morgan fingerprint density at radius 3 is 1.30 bits per heavy atom. The van der Waals surface area contributed by atoms with Crippen LogP contribution in [0.3, 0.4) is 0 Å². The van der Waals surface area contributed by atoms with Gasteiger partial charge in [-0.15, -0.1) is 0 Å². The fraction of sp³-hybridized carbons (Fsp3) is 0.889. The maximum absolute atomic E-state index is 2.63. The molecule has 0 radical (unpaired) electrons. The van der Waals surface area contributed by atoms with Crippen LogP contribution in [0.25, 0.3) is 0 Å². The summed E-state index contributed by atoms with van der Waals surface area (Å²) in [4.78, 5) is 0. The molecule has 0 amide bonds. The van der Waals surface area contributed by atoms with Crippen molar-refractivity contribution in [1.29, 1.82) is 0 Å². The van der Waals surface area contributed by atoms with Gasteiger partial charge in [0.2, 0.25) is 0 Å². The molecule has 0 bridgehead atoms. The van der Waals surface area contributed by atoms with E-state index in [2.05, 4.69) is 27.7 Å². The Balaban J connectivity index is 0.000001000. The first kappa shape index (κ1) is 19.2. The molecule has 20 heavy (non-hydrogen) atoms. The monoisotopic (exact) mass is 260 g/mol. The van der Waals surface area contributed by atoms with Gasteiger partial charge in [-0.25, -0.2) is 0 Å². The Morgan fingerprint density at radius 2 is 1.10 bits per heavy atom. The van der Waals surface area contributed by atoms with Crippen molar-refractivity contribution >= 4 is 0 Å². The molecular formula is C18H30Li2. The molecule has 3 saturated carbocycles. The second-order valence-corrected chi connectivity index (χ2v) is 8.13. The molecule has 2 heteroatoms. The molecule has 104 valence electrons. The molecule has 0 saturated heterocycles. The van der Waals surface area contributed by atoms with E-state index in [4.69, 9.17) is 0 Å². The summed E-state index contributed by atoms with van der Waals surface area (Å²) in [6, 6.07) is 0. The van der Waals surface area contributed by atoms with Gasteiger partial charge in [-0.2, -0.15) is 39.5 Å². The van der Waals surface area contributed by atoms with Gasteiger partial charge in [0.15, 0.2) is 0 Å². The first-order valence-electron chi connectivity index (χ1n) is 8.08. The third-order valence-electron chi connectivity index (χ3n) is 7.30. The van der Waals surface area contributed by atoms with Crippen molar-refractivity contribution < 1.29 is 37.7 Å². The molecule has 2 unspecified atom stereocenters. The second-order valence-electron chi connectivity index (χ2n) is 8.13. The van der Waals surface area contributed by atoms with E-state index >= 15 is 0 Å². The average Bonchev–Trinajstić information content (AvgIpc) is 2.95. The van der Waals surface area contributed by atoms with Gasteiger partial charge in [0.1, 0.15) is 0 Å². The molecule has 0 aromatic rings. The predicted molar refractivity (Wildman–Crippen MR) is 78.0 cm³/mol. The molecule has 0 aliphatic heterocycles. The Hall–Kier alpha value is 1.19. The Labute approximate surface area is 151 Å². The summed E-state index contributed by atoms with van der Waals surface area (Å²) >= 11 is 0. The standard InChI is InChI=1S/C18H30.2Li/c1-13-5-7-15(11-13)17(3)9-10-18(17,4)16-8-6-14(2)12-16;;/h15-16H,5-12H2,1-4H3;;/q-2;2*+1/t15?,16?,17-,18+;;. The number of hydrogen-bond donors (Lipinski definition) is 0. The molecule has 0 heterocycles. The molecule has 3 rings (SSSR count). The minimum absolute atomic E-state index is 0. The maximum Gasteiger partial charge on any atom is 1.00 e. The first-order valence-corrected chi connectivity index (χ1v) is 8.08. The fourth-order valence-electron chi connectivity index (χ4n) is 5.43. The summed E-state index contributed by atoms with van der Waals surface area (Å²) in [5.41, 5.74) is 1.31. The van der Waals surface area contributed by atoms with Gasteiger partial charge in [-0.1, -0.05) is 38.5 Å². The zero-order valence-corrected chi connectivity index (χ0v) is 14.8. The third kappa shape index (κ3) is 2.85. The number of hydrogen-bond acceptors (Lipinski definition) is 0. The van der Waals surface area contributed by atoms with Crippen molar-refractivity contribution in [3.05, 3.63) is 11.8 Å². The van der Waals surface area contributed by atoms with Crippen LogP contribution >= 0.6 is 0 Å². The zero-order chi connectivity index (χ0) is 13.0. The summed E-state index contributed by atoms with van der Waals surface area (Å²) < 4.78 is 0. The first-order chi connectivity index (χ1) is 8.46. The van der Waals surface area contributed by atoms with E-state index in [0.29, 0.717) is 10.8 Å². The topological polar surface area (TPSA) is 0 Å². The number of rotatable bonds is 2. The summed E-state index contributed by atoms with van der Waals surface area (Å²) in [5, 5.41) is 0. The van der Waals surface area contributed by atoms with E-state index in [1.54, 1.807) is 11.8 Å². The Bertz CT molecular complexity index is 297. The summed E-state index contributed by atoms with van der Waals surface area (Å²) in [7, 11) is 0. The van der Waals surface area contributed by atoms with E-state index < -0.39 is 0 Å². The van der Waals surface area contributed by atoms with Crippen molar-refractivity contribution in [3.63, 3.8) is 0 Å². The maximum atomic E-state index is 2.63. The van der Waals surface area contributed by atoms with Crippen LogP contribution in [0.4, 0.5) is 0 Å². The van der Waals surface area contributed by atoms with Crippen LogP contribution in [-0.2, 0) is 0 Å². The largest absolute Gasteiger partial charge is 1.00 e. The van der Waals surface area contributed by atoms with E-state index in [0.717, 1.165) is 11.8 Å². The summed E-state index contributed by atoms with van der Waals surface area (Å²) in [6.45, 7) is 10.0.